The summed E-state index contributed by atoms with van der Waals surface area (Å²) in [6.45, 7) is 1.85. The van der Waals surface area contributed by atoms with Crippen LogP contribution in [0.25, 0.3) is 11.0 Å². The number of rotatable bonds is 3. The summed E-state index contributed by atoms with van der Waals surface area (Å²) in [5.74, 6) is -1.94. The molecule has 1 aromatic carbocycles. The molecule has 1 aromatic heterocycles. The lowest BCUT2D eigenvalue weighted by Crippen LogP contribution is -2.30. The molecule has 0 spiro atoms. The van der Waals surface area contributed by atoms with Crippen molar-refractivity contribution in [1.29, 1.82) is 0 Å². The average Bonchev–Trinajstić information content (AvgIpc) is 2.99. The number of nitrogens with zero attached hydrogens (tertiary/aromatic N) is 1. The van der Waals surface area contributed by atoms with E-state index in [-0.39, 0.29) is 23.9 Å². The first-order chi connectivity index (χ1) is 10.3. The van der Waals surface area contributed by atoms with Crippen LogP contribution in [0.4, 0.5) is 0 Å². The Bertz CT molecular complexity index is 898. The maximum atomic E-state index is 12.6. The number of nitrogens with one attached hydrogen (secondary N) is 2. The lowest BCUT2D eigenvalue weighted by atomic mass is 9.99. The molecule has 1 saturated heterocycles. The first-order valence-corrected chi connectivity index (χ1v) is 8.18. The van der Waals surface area contributed by atoms with Crippen molar-refractivity contribution >= 4 is 27.0 Å². The molecule has 1 fully saturated rings. The van der Waals surface area contributed by atoms with Gasteiger partial charge in [-0.05, 0) is 24.1 Å². The first-order valence-electron chi connectivity index (χ1n) is 6.74. The molecule has 118 valence electrons. The van der Waals surface area contributed by atoms with Gasteiger partial charge in [-0.1, -0.05) is 6.92 Å². The van der Waals surface area contributed by atoms with E-state index in [1.165, 1.54) is 22.5 Å². The van der Waals surface area contributed by atoms with Crippen LogP contribution < -0.4 is 5.69 Å². The number of carboxylic acid groups (broad SMARTS) is 1. The second-order valence-electron chi connectivity index (χ2n) is 5.53. The van der Waals surface area contributed by atoms with Gasteiger partial charge in [0.2, 0.25) is 10.0 Å². The molecule has 0 saturated carbocycles. The Morgan fingerprint density at radius 2 is 1.95 bits per heavy atom. The van der Waals surface area contributed by atoms with Gasteiger partial charge in [0.05, 0.1) is 21.8 Å². The van der Waals surface area contributed by atoms with Crippen LogP contribution in [0.2, 0.25) is 0 Å². The lowest BCUT2D eigenvalue weighted by molar-refractivity contribution is -0.142. The highest BCUT2D eigenvalue weighted by Crippen LogP contribution is 2.29. The van der Waals surface area contributed by atoms with E-state index in [0.717, 1.165) is 0 Å². The monoisotopic (exact) mass is 325 g/mol. The molecule has 3 rings (SSSR count). The molecule has 0 amide bonds. The second kappa shape index (κ2) is 4.96. The molecule has 0 aliphatic carbocycles. The molecule has 1 aliphatic heterocycles. The molecular formula is C13H15N3O5S. The van der Waals surface area contributed by atoms with E-state index in [0.29, 0.717) is 11.0 Å². The summed E-state index contributed by atoms with van der Waals surface area (Å²) in [6.07, 6.45) is 0. The summed E-state index contributed by atoms with van der Waals surface area (Å²) >= 11 is 0. The molecule has 0 bridgehead atoms. The largest absolute Gasteiger partial charge is 0.481 e. The number of imidazole rings is 1. The van der Waals surface area contributed by atoms with Gasteiger partial charge in [-0.15, -0.1) is 0 Å². The van der Waals surface area contributed by atoms with Gasteiger partial charge in [0.1, 0.15) is 0 Å². The zero-order valence-corrected chi connectivity index (χ0v) is 12.6. The van der Waals surface area contributed by atoms with Crippen molar-refractivity contribution in [2.24, 2.45) is 11.8 Å². The highest BCUT2D eigenvalue weighted by molar-refractivity contribution is 7.89. The maximum absolute atomic E-state index is 12.6. The molecule has 0 radical (unpaired) electrons. The van der Waals surface area contributed by atoms with Gasteiger partial charge >= 0.3 is 11.7 Å². The normalized spacial score (nSPS) is 23.1. The van der Waals surface area contributed by atoms with Gasteiger partial charge in [-0.2, -0.15) is 4.31 Å². The number of hydrogen-bond acceptors (Lipinski definition) is 4. The van der Waals surface area contributed by atoms with Crippen molar-refractivity contribution in [2.75, 3.05) is 13.1 Å². The SMILES string of the molecule is C[C@@H]1CN(S(=O)(=O)c2ccc3[nH]c(=O)[nH]c3c2)C[C@H]1C(=O)O. The quantitative estimate of drug-likeness (QED) is 0.743. The second-order valence-corrected chi connectivity index (χ2v) is 7.47. The predicted molar refractivity (Wildman–Crippen MR) is 78.0 cm³/mol. The van der Waals surface area contributed by atoms with E-state index in [2.05, 4.69) is 9.97 Å². The minimum Gasteiger partial charge on any atom is -0.481 e. The van der Waals surface area contributed by atoms with Crippen molar-refractivity contribution in [3.63, 3.8) is 0 Å². The minimum absolute atomic E-state index is 0.0356. The Balaban J connectivity index is 1.98. The van der Waals surface area contributed by atoms with Crippen LogP contribution in [0, 0.1) is 11.8 Å². The number of carbonyl (C=O) groups is 1. The standard InChI is InChI=1S/C13H15N3O5S/c1-7-5-16(6-9(7)12(17)18)22(20,21)8-2-3-10-11(4-8)15-13(19)14-10/h2-4,7,9H,5-6H2,1H3,(H,17,18)(H2,14,15,19)/t7-,9-/m1/s1. The molecule has 1 aliphatic rings. The van der Waals surface area contributed by atoms with Crippen molar-refractivity contribution in [3.05, 3.63) is 28.7 Å². The van der Waals surface area contributed by atoms with Gasteiger partial charge in [-0.3, -0.25) is 4.79 Å². The van der Waals surface area contributed by atoms with E-state index in [4.69, 9.17) is 5.11 Å². The van der Waals surface area contributed by atoms with Gasteiger partial charge in [0.25, 0.3) is 0 Å². The third kappa shape index (κ3) is 2.32. The number of benzene rings is 1. The third-order valence-electron chi connectivity index (χ3n) is 4.02. The predicted octanol–water partition coefficient (Wildman–Crippen LogP) is 0.197. The topological polar surface area (TPSA) is 123 Å². The summed E-state index contributed by atoms with van der Waals surface area (Å²) in [7, 11) is -3.79. The Morgan fingerprint density at radius 3 is 2.59 bits per heavy atom. The molecule has 2 atom stereocenters. The van der Waals surface area contributed by atoms with Gasteiger partial charge in [0, 0.05) is 13.1 Å². The highest BCUT2D eigenvalue weighted by atomic mass is 32.2. The van der Waals surface area contributed by atoms with Crippen LogP contribution in [0.3, 0.4) is 0 Å². The van der Waals surface area contributed by atoms with Crippen LogP contribution >= 0.6 is 0 Å². The van der Waals surface area contributed by atoms with E-state index < -0.39 is 27.6 Å². The van der Waals surface area contributed by atoms with E-state index in [1.54, 1.807) is 6.92 Å². The van der Waals surface area contributed by atoms with Crippen molar-refractivity contribution in [1.82, 2.24) is 14.3 Å². The van der Waals surface area contributed by atoms with Crippen LogP contribution in [0.1, 0.15) is 6.92 Å². The summed E-state index contributed by atoms with van der Waals surface area (Å²) in [5.41, 5.74) is 0.501. The van der Waals surface area contributed by atoms with E-state index >= 15 is 0 Å². The van der Waals surface area contributed by atoms with Crippen molar-refractivity contribution < 1.29 is 18.3 Å². The van der Waals surface area contributed by atoms with E-state index in [9.17, 15) is 18.0 Å². The van der Waals surface area contributed by atoms with E-state index in [1.807, 2.05) is 0 Å². The number of sulfonamides is 1. The Labute approximate surface area is 125 Å². The summed E-state index contributed by atoms with van der Waals surface area (Å²) in [4.78, 5) is 27.4. The number of aromatic nitrogens is 2. The van der Waals surface area contributed by atoms with Crippen LogP contribution in [0.15, 0.2) is 27.9 Å². The number of aromatic amines is 2. The van der Waals surface area contributed by atoms with Crippen LogP contribution in [0.5, 0.6) is 0 Å². The molecule has 3 N–H and O–H groups in total. The molecule has 0 unspecified atom stereocenters. The number of hydrogen-bond donors (Lipinski definition) is 3. The van der Waals surface area contributed by atoms with Gasteiger partial charge < -0.3 is 15.1 Å². The molecular weight excluding hydrogens is 310 g/mol. The zero-order chi connectivity index (χ0) is 16.1. The number of aliphatic carboxylic acids is 1. The summed E-state index contributed by atoms with van der Waals surface area (Å²) in [5, 5.41) is 9.12. The highest BCUT2D eigenvalue weighted by Gasteiger charge is 2.40. The fourth-order valence-corrected chi connectivity index (χ4v) is 4.35. The molecule has 22 heavy (non-hydrogen) atoms. The number of carboxylic acids is 1. The Morgan fingerprint density at radius 1 is 1.27 bits per heavy atom. The molecule has 8 nitrogen and oxygen atoms in total. The lowest BCUT2D eigenvalue weighted by Gasteiger charge is -2.16. The fraction of sp³-hybridized carbons (Fsp3) is 0.385. The first kappa shape index (κ1) is 14.8. The zero-order valence-electron chi connectivity index (χ0n) is 11.7. The van der Waals surface area contributed by atoms with Crippen LogP contribution in [-0.4, -0.2) is 46.9 Å². The minimum atomic E-state index is -3.79. The maximum Gasteiger partial charge on any atom is 0.323 e. The molecule has 9 heteroatoms. The fourth-order valence-electron chi connectivity index (χ4n) is 2.76. The molecule has 2 heterocycles. The Kier molecular flexibility index (Phi) is 3.33. The van der Waals surface area contributed by atoms with Crippen molar-refractivity contribution in [3.8, 4) is 0 Å². The van der Waals surface area contributed by atoms with Crippen molar-refractivity contribution in [2.45, 2.75) is 11.8 Å². The number of fused-ring (bicyclic) bond motifs is 1. The number of H-pyrrole nitrogens is 2. The third-order valence-corrected chi connectivity index (χ3v) is 5.85. The Hall–Kier alpha value is -2.13. The van der Waals surface area contributed by atoms with Gasteiger partial charge in [-0.25, -0.2) is 13.2 Å². The molecule has 2 aromatic rings. The summed E-state index contributed by atoms with van der Waals surface area (Å²) in [6, 6.07) is 4.29. The summed E-state index contributed by atoms with van der Waals surface area (Å²) < 4.78 is 26.4. The van der Waals surface area contributed by atoms with Crippen LogP contribution in [-0.2, 0) is 14.8 Å². The average molecular weight is 325 g/mol. The van der Waals surface area contributed by atoms with Gasteiger partial charge in [0.15, 0.2) is 0 Å². The smallest absolute Gasteiger partial charge is 0.323 e.